The fourth-order valence-electron chi connectivity index (χ4n) is 2.33. The third-order valence-electron chi connectivity index (χ3n) is 3.32. The molecule has 0 spiro atoms. The quantitative estimate of drug-likeness (QED) is 0.330. The summed E-state index contributed by atoms with van der Waals surface area (Å²) in [4.78, 5) is 13.3. The number of rotatable bonds is 1. The first-order valence-corrected chi connectivity index (χ1v) is 6.38. The number of nitrogens with zero attached hydrogens (tertiary/aromatic N) is 3. The third kappa shape index (κ3) is 2.44. The van der Waals surface area contributed by atoms with Crippen molar-refractivity contribution in [3.8, 4) is 11.4 Å². The van der Waals surface area contributed by atoms with Crippen LogP contribution in [-0.2, 0) is 20.1 Å². The average Bonchev–Trinajstić information content (AvgIpc) is 2.55. The Kier molecular flexibility index (Phi) is 3.73. The van der Waals surface area contributed by atoms with Crippen LogP contribution in [0.15, 0.2) is 61.1 Å². The molecule has 4 heteroatoms. The average molecular weight is 449 g/mol. The van der Waals surface area contributed by atoms with Gasteiger partial charge in [-0.1, -0.05) is 12.1 Å². The first-order chi connectivity index (χ1) is 9.92. The third-order valence-corrected chi connectivity index (χ3v) is 3.32. The summed E-state index contributed by atoms with van der Waals surface area (Å²) in [6, 6.07) is 17.0. The van der Waals surface area contributed by atoms with Crippen LogP contribution >= 0.6 is 0 Å². The van der Waals surface area contributed by atoms with Gasteiger partial charge in [0.15, 0.2) is 0 Å². The minimum Gasteiger partial charge on any atom is -0.285 e. The molecule has 0 aliphatic heterocycles. The van der Waals surface area contributed by atoms with Crippen LogP contribution in [-0.4, -0.2) is 15.0 Å². The van der Waals surface area contributed by atoms with Crippen LogP contribution in [0.1, 0.15) is 0 Å². The number of fused-ring (bicyclic) bond motifs is 3. The first kappa shape index (κ1) is 13.8. The molecule has 2 heterocycles. The molecule has 0 saturated carbocycles. The Morgan fingerprint density at radius 3 is 2.67 bits per heavy atom. The van der Waals surface area contributed by atoms with Crippen LogP contribution in [0.4, 0.5) is 0 Å². The maximum atomic E-state index is 4.70. The van der Waals surface area contributed by atoms with Gasteiger partial charge in [-0.25, -0.2) is 0 Å². The standard InChI is InChI=1S/C17H10N3.Ir/c1-2-4-12(5-3-1)17-19-11-14-7-6-13-10-18-9-8-15(13)16(14)20-17;/h1-4,6-11H;/q-1;. The molecule has 4 aromatic rings. The molecule has 0 N–H and O–H groups in total. The van der Waals surface area contributed by atoms with Gasteiger partial charge in [-0.05, 0) is 6.07 Å². The number of aromatic nitrogens is 3. The van der Waals surface area contributed by atoms with E-state index < -0.39 is 0 Å². The number of hydrogen-bond acceptors (Lipinski definition) is 3. The molecular formula is C17H10IrN3-. The summed E-state index contributed by atoms with van der Waals surface area (Å²) in [5.74, 6) is 0.697. The molecule has 2 aromatic carbocycles. The molecule has 103 valence electrons. The minimum absolute atomic E-state index is 0. The number of pyridine rings is 1. The summed E-state index contributed by atoms with van der Waals surface area (Å²) < 4.78 is 0. The Balaban J connectivity index is 0.00000132. The molecule has 0 atom stereocenters. The zero-order valence-electron chi connectivity index (χ0n) is 10.9. The van der Waals surface area contributed by atoms with Crippen LogP contribution in [0.25, 0.3) is 33.1 Å². The predicted octanol–water partition coefficient (Wildman–Crippen LogP) is 3.64. The van der Waals surface area contributed by atoms with E-state index in [0.29, 0.717) is 5.82 Å². The topological polar surface area (TPSA) is 38.7 Å². The summed E-state index contributed by atoms with van der Waals surface area (Å²) in [5, 5.41) is 3.21. The van der Waals surface area contributed by atoms with Gasteiger partial charge < -0.3 is 0 Å². The zero-order chi connectivity index (χ0) is 13.4. The van der Waals surface area contributed by atoms with E-state index in [-0.39, 0.29) is 20.1 Å². The predicted molar refractivity (Wildman–Crippen MR) is 79.1 cm³/mol. The Bertz CT molecular complexity index is 907. The molecule has 4 rings (SSSR count). The SMILES string of the molecule is [Ir].[c-]1ccccc1-c1ncc2ccc3cnccc3c2n1. The zero-order valence-corrected chi connectivity index (χ0v) is 13.3. The Hall–Kier alpha value is -2.16. The molecule has 0 aliphatic carbocycles. The molecule has 0 amide bonds. The molecular weight excluding hydrogens is 438 g/mol. The number of benzene rings is 2. The van der Waals surface area contributed by atoms with Crippen molar-refractivity contribution in [3.05, 3.63) is 67.1 Å². The van der Waals surface area contributed by atoms with Gasteiger partial charge in [0.25, 0.3) is 0 Å². The second kappa shape index (κ2) is 5.68. The van der Waals surface area contributed by atoms with Crippen LogP contribution in [0.2, 0.25) is 0 Å². The summed E-state index contributed by atoms with van der Waals surface area (Å²) in [6.45, 7) is 0. The Labute approximate surface area is 135 Å². The van der Waals surface area contributed by atoms with Gasteiger partial charge in [0.2, 0.25) is 0 Å². The van der Waals surface area contributed by atoms with Crippen molar-refractivity contribution in [1.29, 1.82) is 0 Å². The van der Waals surface area contributed by atoms with Gasteiger partial charge in [0.05, 0.1) is 11.3 Å². The van der Waals surface area contributed by atoms with Crippen LogP contribution in [0.3, 0.4) is 0 Å². The van der Waals surface area contributed by atoms with Crippen molar-refractivity contribution in [2.24, 2.45) is 0 Å². The van der Waals surface area contributed by atoms with Crippen molar-refractivity contribution >= 4 is 21.7 Å². The summed E-state index contributed by atoms with van der Waals surface area (Å²) in [5.41, 5.74) is 1.85. The van der Waals surface area contributed by atoms with Gasteiger partial charge >= 0.3 is 0 Å². The van der Waals surface area contributed by atoms with Gasteiger partial charge in [-0.15, -0.1) is 35.9 Å². The Morgan fingerprint density at radius 2 is 1.81 bits per heavy atom. The fourth-order valence-corrected chi connectivity index (χ4v) is 2.33. The molecule has 2 aromatic heterocycles. The van der Waals surface area contributed by atoms with Crippen molar-refractivity contribution in [2.75, 3.05) is 0 Å². The van der Waals surface area contributed by atoms with E-state index in [1.54, 1.807) is 6.20 Å². The monoisotopic (exact) mass is 449 g/mol. The maximum Gasteiger partial charge on any atom is 0.0756 e. The summed E-state index contributed by atoms with van der Waals surface area (Å²) in [7, 11) is 0. The van der Waals surface area contributed by atoms with Gasteiger partial charge in [-0.3, -0.25) is 15.0 Å². The van der Waals surface area contributed by atoms with Crippen molar-refractivity contribution < 1.29 is 20.1 Å². The van der Waals surface area contributed by atoms with E-state index in [4.69, 9.17) is 4.98 Å². The second-order valence-electron chi connectivity index (χ2n) is 4.57. The van der Waals surface area contributed by atoms with E-state index in [1.807, 2.05) is 54.9 Å². The van der Waals surface area contributed by atoms with Crippen molar-refractivity contribution in [2.45, 2.75) is 0 Å². The normalized spacial score (nSPS) is 10.5. The molecule has 3 nitrogen and oxygen atoms in total. The molecule has 0 fully saturated rings. The van der Waals surface area contributed by atoms with Gasteiger partial charge in [0, 0.05) is 54.9 Å². The largest absolute Gasteiger partial charge is 0.285 e. The molecule has 0 aliphatic rings. The van der Waals surface area contributed by atoms with Crippen molar-refractivity contribution in [1.82, 2.24) is 15.0 Å². The molecule has 1 radical (unpaired) electrons. The van der Waals surface area contributed by atoms with E-state index in [0.717, 1.165) is 27.2 Å². The van der Waals surface area contributed by atoms with E-state index in [2.05, 4.69) is 16.0 Å². The molecule has 0 unspecified atom stereocenters. The Morgan fingerprint density at radius 1 is 0.905 bits per heavy atom. The fraction of sp³-hybridized carbons (Fsp3) is 0. The summed E-state index contributed by atoms with van der Waals surface area (Å²) >= 11 is 0. The summed E-state index contributed by atoms with van der Waals surface area (Å²) in [6.07, 6.45) is 5.50. The van der Waals surface area contributed by atoms with Gasteiger partial charge in [0.1, 0.15) is 0 Å². The maximum absolute atomic E-state index is 4.70. The van der Waals surface area contributed by atoms with Crippen LogP contribution < -0.4 is 0 Å². The first-order valence-electron chi connectivity index (χ1n) is 6.38. The molecule has 0 saturated heterocycles. The number of hydrogen-bond donors (Lipinski definition) is 0. The molecule has 0 bridgehead atoms. The smallest absolute Gasteiger partial charge is 0.0756 e. The van der Waals surface area contributed by atoms with Crippen molar-refractivity contribution in [3.63, 3.8) is 0 Å². The van der Waals surface area contributed by atoms with E-state index in [9.17, 15) is 0 Å². The van der Waals surface area contributed by atoms with E-state index >= 15 is 0 Å². The second-order valence-corrected chi connectivity index (χ2v) is 4.57. The van der Waals surface area contributed by atoms with E-state index in [1.165, 1.54) is 0 Å². The van der Waals surface area contributed by atoms with Crippen LogP contribution in [0.5, 0.6) is 0 Å². The van der Waals surface area contributed by atoms with Crippen LogP contribution in [0, 0.1) is 6.07 Å². The minimum atomic E-state index is 0. The molecule has 21 heavy (non-hydrogen) atoms. The van der Waals surface area contributed by atoms with Gasteiger partial charge in [-0.2, -0.15) is 0 Å².